The van der Waals surface area contributed by atoms with E-state index in [0.29, 0.717) is 5.75 Å². The maximum Gasteiger partial charge on any atom is 0.149 e. The molecule has 3 aromatic carbocycles. The molecule has 1 N–H and O–H groups in total. The Labute approximate surface area is 184 Å². The summed E-state index contributed by atoms with van der Waals surface area (Å²) < 4.78 is 6.18. The lowest BCUT2D eigenvalue weighted by Gasteiger charge is -2.32. The maximum absolute atomic E-state index is 9.78. The summed E-state index contributed by atoms with van der Waals surface area (Å²) in [7, 11) is 0. The van der Waals surface area contributed by atoms with E-state index in [4.69, 9.17) is 4.74 Å². The number of para-hydroxylation sites is 1. The number of nitrogens with zero attached hydrogens (tertiary/aromatic N) is 2. The molecule has 5 rings (SSSR count). The lowest BCUT2D eigenvalue weighted by molar-refractivity contribution is 0.0592. The molecule has 0 aliphatic carbocycles. The average Bonchev–Trinajstić information content (AvgIpc) is 3.35. The Hall–Kier alpha value is -2.98. The third-order valence-corrected chi connectivity index (χ3v) is 6.57. The molecule has 0 saturated carbocycles. The summed E-state index contributed by atoms with van der Waals surface area (Å²) in [5, 5.41) is 9.78. The van der Waals surface area contributed by atoms with Crippen LogP contribution in [0.1, 0.15) is 30.9 Å². The van der Waals surface area contributed by atoms with Crippen LogP contribution in [0.5, 0.6) is 11.5 Å². The quantitative estimate of drug-likeness (QED) is 0.603. The number of hydrogen-bond acceptors (Lipinski definition) is 4. The van der Waals surface area contributed by atoms with Crippen molar-refractivity contribution in [1.29, 1.82) is 0 Å². The predicted molar refractivity (Wildman–Crippen MR) is 126 cm³/mol. The van der Waals surface area contributed by atoms with Crippen molar-refractivity contribution in [3.8, 4) is 22.6 Å². The highest BCUT2D eigenvalue weighted by molar-refractivity contribution is 5.79. The Balaban J connectivity index is 1.35. The SMILES string of the molecule is CC(Oc1ccc(-c2ccccc2N2CCc3cc(O)ccc3C2)cc1)N1CCCC1. The molecule has 0 aromatic heterocycles. The molecular formula is C27H30N2O2. The first-order valence-corrected chi connectivity index (χ1v) is 11.3. The molecule has 2 heterocycles. The Morgan fingerprint density at radius 1 is 0.871 bits per heavy atom. The second-order valence-corrected chi connectivity index (χ2v) is 8.63. The van der Waals surface area contributed by atoms with Crippen molar-refractivity contribution in [2.45, 2.75) is 39.0 Å². The van der Waals surface area contributed by atoms with Gasteiger partial charge in [0, 0.05) is 37.4 Å². The van der Waals surface area contributed by atoms with Gasteiger partial charge in [-0.05, 0) is 73.2 Å². The average molecular weight is 415 g/mol. The number of fused-ring (bicyclic) bond motifs is 1. The highest BCUT2D eigenvalue weighted by atomic mass is 16.5. The van der Waals surface area contributed by atoms with E-state index in [9.17, 15) is 5.11 Å². The van der Waals surface area contributed by atoms with Gasteiger partial charge in [-0.25, -0.2) is 0 Å². The van der Waals surface area contributed by atoms with Crippen molar-refractivity contribution in [3.63, 3.8) is 0 Å². The van der Waals surface area contributed by atoms with E-state index in [-0.39, 0.29) is 6.23 Å². The van der Waals surface area contributed by atoms with Crippen LogP contribution in [-0.2, 0) is 13.0 Å². The molecule has 0 amide bonds. The molecule has 2 aliphatic heterocycles. The van der Waals surface area contributed by atoms with Crippen molar-refractivity contribution < 1.29 is 9.84 Å². The molecule has 0 radical (unpaired) electrons. The number of hydrogen-bond donors (Lipinski definition) is 1. The molecule has 1 saturated heterocycles. The summed E-state index contributed by atoms with van der Waals surface area (Å²) in [6, 6.07) is 22.9. The van der Waals surface area contributed by atoms with Crippen LogP contribution in [-0.4, -0.2) is 35.9 Å². The van der Waals surface area contributed by atoms with Gasteiger partial charge in [-0.1, -0.05) is 36.4 Å². The summed E-state index contributed by atoms with van der Waals surface area (Å²) in [6.07, 6.45) is 3.60. The van der Waals surface area contributed by atoms with Crippen molar-refractivity contribution >= 4 is 5.69 Å². The van der Waals surface area contributed by atoms with Crippen LogP contribution in [0.25, 0.3) is 11.1 Å². The van der Waals surface area contributed by atoms with Crippen LogP contribution in [0.3, 0.4) is 0 Å². The van der Waals surface area contributed by atoms with E-state index < -0.39 is 0 Å². The van der Waals surface area contributed by atoms with E-state index in [1.165, 1.54) is 40.8 Å². The highest BCUT2D eigenvalue weighted by Gasteiger charge is 2.21. The number of phenols is 1. The fraction of sp³-hybridized carbons (Fsp3) is 0.333. The fourth-order valence-electron chi connectivity index (χ4n) is 4.83. The van der Waals surface area contributed by atoms with Gasteiger partial charge in [0.05, 0.1) is 0 Å². The number of phenolic OH excluding ortho intramolecular Hbond substituents is 1. The summed E-state index contributed by atoms with van der Waals surface area (Å²) in [5.41, 5.74) is 6.23. The van der Waals surface area contributed by atoms with Gasteiger partial charge in [0.25, 0.3) is 0 Å². The van der Waals surface area contributed by atoms with Crippen LogP contribution in [0.2, 0.25) is 0 Å². The summed E-state index contributed by atoms with van der Waals surface area (Å²) >= 11 is 0. The van der Waals surface area contributed by atoms with Crippen LogP contribution in [0, 0.1) is 0 Å². The number of aromatic hydroxyl groups is 1. The first-order chi connectivity index (χ1) is 15.2. The van der Waals surface area contributed by atoms with Gasteiger partial charge < -0.3 is 14.7 Å². The Morgan fingerprint density at radius 2 is 1.65 bits per heavy atom. The molecule has 4 nitrogen and oxygen atoms in total. The van der Waals surface area contributed by atoms with Crippen molar-refractivity contribution in [2.75, 3.05) is 24.5 Å². The number of anilines is 1. The zero-order valence-corrected chi connectivity index (χ0v) is 18.1. The zero-order valence-electron chi connectivity index (χ0n) is 18.1. The Bertz CT molecular complexity index is 1040. The molecule has 1 atom stereocenters. The Kier molecular flexibility index (Phi) is 5.56. The van der Waals surface area contributed by atoms with Gasteiger partial charge in [0.15, 0.2) is 0 Å². The van der Waals surface area contributed by atoms with Crippen molar-refractivity contribution in [1.82, 2.24) is 4.90 Å². The normalized spacial score (nSPS) is 17.4. The molecule has 0 spiro atoms. The third-order valence-electron chi connectivity index (χ3n) is 6.57. The van der Waals surface area contributed by atoms with E-state index in [2.05, 4.69) is 65.3 Å². The monoisotopic (exact) mass is 414 g/mol. The predicted octanol–water partition coefficient (Wildman–Crippen LogP) is 5.44. The molecule has 2 aliphatic rings. The fourth-order valence-corrected chi connectivity index (χ4v) is 4.83. The molecule has 160 valence electrons. The standard InChI is InChI=1S/C27H30N2O2/c1-20(28-15-4-5-16-28)31-25-12-9-21(10-13-25)26-6-2-3-7-27(26)29-17-14-22-18-24(30)11-8-23(22)19-29/h2-3,6-13,18,20,30H,4-5,14-17,19H2,1H3. The van der Waals surface area contributed by atoms with Crippen LogP contribution in [0.15, 0.2) is 66.7 Å². The Morgan fingerprint density at radius 3 is 2.45 bits per heavy atom. The topological polar surface area (TPSA) is 35.9 Å². The minimum atomic E-state index is 0.119. The van der Waals surface area contributed by atoms with Gasteiger partial charge in [-0.2, -0.15) is 0 Å². The number of rotatable bonds is 5. The maximum atomic E-state index is 9.78. The summed E-state index contributed by atoms with van der Waals surface area (Å²) in [5.74, 6) is 1.28. The van der Waals surface area contributed by atoms with Gasteiger partial charge in [0.1, 0.15) is 17.7 Å². The third kappa shape index (κ3) is 4.26. The second-order valence-electron chi connectivity index (χ2n) is 8.63. The van der Waals surface area contributed by atoms with E-state index in [1.807, 2.05) is 12.1 Å². The van der Waals surface area contributed by atoms with Crippen molar-refractivity contribution in [3.05, 3.63) is 77.9 Å². The lowest BCUT2D eigenvalue weighted by Crippen LogP contribution is -2.34. The molecule has 1 unspecified atom stereocenters. The van der Waals surface area contributed by atoms with E-state index >= 15 is 0 Å². The van der Waals surface area contributed by atoms with Gasteiger partial charge >= 0.3 is 0 Å². The molecule has 31 heavy (non-hydrogen) atoms. The number of benzene rings is 3. The lowest BCUT2D eigenvalue weighted by atomic mass is 9.97. The molecular weight excluding hydrogens is 384 g/mol. The first-order valence-electron chi connectivity index (χ1n) is 11.3. The summed E-state index contributed by atoms with van der Waals surface area (Å²) in [6.45, 7) is 6.21. The summed E-state index contributed by atoms with van der Waals surface area (Å²) in [4.78, 5) is 4.84. The first kappa shape index (κ1) is 20.0. The largest absolute Gasteiger partial charge is 0.508 e. The number of ether oxygens (including phenoxy) is 1. The molecule has 0 bridgehead atoms. The van der Waals surface area contributed by atoms with Gasteiger partial charge in [-0.3, -0.25) is 4.90 Å². The van der Waals surface area contributed by atoms with Crippen molar-refractivity contribution in [2.24, 2.45) is 0 Å². The van der Waals surface area contributed by atoms with Gasteiger partial charge in [0.2, 0.25) is 0 Å². The van der Waals surface area contributed by atoms with Crippen LogP contribution >= 0.6 is 0 Å². The van der Waals surface area contributed by atoms with Gasteiger partial charge in [-0.15, -0.1) is 0 Å². The van der Waals surface area contributed by atoms with Crippen LogP contribution < -0.4 is 9.64 Å². The molecule has 3 aromatic rings. The zero-order chi connectivity index (χ0) is 21.2. The van der Waals surface area contributed by atoms with Crippen LogP contribution in [0.4, 0.5) is 5.69 Å². The molecule has 1 fully saturated rings. The second kappa shape index (κ2) is 8.64. The minimum absolute atomic E-state index is 0.119. The smallest absolute Gasteiger partial charge is 0.149 e. The van der Waals surface area contributed by atoms with E-state index in [0.717, 1.165) is 38.3 Å². The number of likely N-dealkylation sites (tertiary alicyclic amines) is 1. The van der Waals surface area contributed by atoms with E-state index in [1.54, 1.807) is 6.07 Å². The highest BCUT2D eigenvalue weighted by Crippen LogP contribution is 2.35. The molecule has 4 heteroatoms. The minimum Gasteiger partial charge on any atom is -0.508 e.